The lowest BCUT2D eigenvalue weighted by molar-refractivity contribution is -0.139. The van der Waals surface area contributed by atoms with E-state index in [0.29, 0.717) is 52.7 Å². The number of halogens is 3. The Morgan fingerprint density at radius 1 is 1.17 bits per heavy atom. The van der Waals surface area contributed by atoms with Crippen molar-refractivity contribution in [2.24, 2.45) is 4.99 Å². The number of hydrogen-bond donors (Lipinski definition) is 0. The molecule has 0 fully saturated rings. The number of nitrogens with zero attached hydrogens (tertiary/aromatic N) is 2. The number of esters is 1. The van der Waals surface area contributed by atoms with Crippen LogP contribution in [0.25, 0.3) is 6.08 Å². The number of hydrogen-bond acceptors (Lipinski definition) is 7. The van der Waals surface area contributed by atoms with Crippen molar-refractivity contribution < 1.29 is 23.4 Å². The number of carbonyl (C=O) groups excluding carboxylic acids is 1. The molecule has 0 saturated carbocycles. The molecule has 0 amide bonds. The summed E-state index contributed by atoms with van der Waals surface area (Å²) in [5, 5.41) is 0.409. The largest absolute Gasteiger partial charge is 0.493 e. The zero-order chi connectivity index (χ0) is 30.0. The van der Waals surface area contributed by atoms with Crippen molar-refractivity contribution in [3.05, 3.63) is 124 Å². The van der Waals surface area contributed by atoms with E-state index in [9.17, 15) is 14.0 Å². The van der Waals surface area contributed by atoms with E-state index < -0.39 is 12.0 Å². The van der Waals surface area contributed by atoms with Gasteiger partial charge in [-0.05, 0) is 55.3 Å². The van der Waals surface area contributed by atoms with Crippen molar-refractivity contribution in [3.63, 3.8) is 0 Å². The minimum Gasteiger partial charge on any atom is -0.493 e. The molecule has 0 N–H and O–H groups in total. The van der Waals surface area contributed by atoms with Gasteiger partial charge in [-0.2, -0.15) is 0 Å². The van der Waals surface area contributed by atoms with Crippen LogP contribution >= 0.6 is 38.9 Å². The Balaban J connectivity index is 1.59. The van der Waals surface area contributed by atoms with Crippen molar-refractivity contribution >= 4 is 50.9 Å². The number of thiazole rings is 1. The average molecular weight is 672 g/mol. The topological polar surface area (TPSA) is 79.1 Å². The van der Waals surface area contributed by atoms with E-state index in [4.69, 9.17) is 25.8 Å². The normalized spacial score (nSPS) is 14.8. The number of rotatable bonds is 8. The summed E-state index contributed by atoms with van der Waals surface area (Å²) in [5.41, 5.74) is 2.00. The third kappa shape index (κ3) is 5.79. The zero-order valence-corrected chi connectivity index (χ0v) is 26.0. The van der Waals surface area contributed by atoms with Crippen LogP contribution in [0.1, 0.15) is 36.6 Å². The van der Waals surface area contributed by atoms with Gasteiger partial charge in [-0.25, -0.2) is 14.2 Å². The molecule has 216 valence electrons. The van der Waals surface area contributed by atoms with Gasteiger partial charge in [-0.3, -0.25) is 9.36 Å². The molecule has 4 aromatic rings. The molecule has 0 bridgehead atoms. The van der Waals surface area contributed by atoms with Crippen molar-refractivity contribution in [2.75, 3.05) is 13.7 Å². The molecule has 11 heteroatoms. The highest BCUT2D eigenvalue weighted by atomic mass is 79.9. The minimum absolute atomic E-state index is 0.0115. The van der Waals surface area contributed by atoms with Gasteiger partial charge in [0, 0.05) is 15.1 Å². The van der Waals surface area contributed by atoms with E-state index in [0.717, 1.165) is 0 Å². The van der Waals surface area contributed by atoms with Gasteiger partial charge in [0.15, 0.2) is 16.3 Å². The quantitative estimate of drug-likeness (QED) is 0.217. The lowest BCUT2D eigenvalue weighted by Gasteiger charge is -2.25. The summed E-state index contributed by atoms with van der Waals surface area (Å²) in [7, 11) is 1.50. The lowest BCUT2D eigenvalue weighted by atomic mass is 9.96. The first-order valence-corrected chi connectivity index (χ1v) is 14.9. The Bertz CT molecular complexity index is 1900. The van der Waals surface area contributed by atoms with E-state index in [1.807, 2.05) is 0 Å². The molecule has 3 aromatic carbocycles. The molecule has 42 heavy (non-hydrogen) atoms. The number of carbonyl (C=O) groups is 1. The van der Waals surface area contributed by atoms with Gasteiger partial charge in [0.25, 0.3) is 5.56 Å². The molecule has 0 spiro atoms. The Hall–Kier alpha value is -3.73. The van der Waals surface area contributed by atoms with E-state index in [1.165, 1.54) is 29.1 Å². The van der Waals surface area contributed by atoms with E-state index in [1.54, 1.807) is 74.5 Å². The average Bonchev–Trinajstić information content (AvgIpc) is 3.27. The van der Waals surface area contributed by atoms with Crippen LogP contribution in [-0.4, -0.2) is 24.3 Å². The third-order valence-corrected chi connectivity index (χ3v) is 8.64. The summed E-state index contributed by atoms with van der Waals surface area (Å²) in [5.74, 6) is -0.113. The van der Waals surface area contributed by atoms with Crippen LogP contribution in [0, 0.1) is 5.82 Å². The first-order chi connectivity index (χ1) is 20.2. The molecule has 1 atom stereocenters. The zero-order valence-electron chi connectivity index (χ0n) is 22.8. The van der Waals surface area contributed by atoms with Gasteiger partial charge in [0.1, 0.15) is 18.5 Å². The fourth-order valence-corrected chi connectivity index (χ4v) is 6.34. The van der Waals surface area contributed by atoms with Crippen LogP contribution in [0.15, 0.2) is 86.2 Å². The highest BCUT2D eigenvalue weighted by molar-refractivity contribution is 9.10. The number of benzene rings is 3. The molecule has 5 rings (SSSR count). The second kappa shape index (κ2) is 12.6. The molecule has 1 aliphatic rings. The SMILES string of the molecule is CCOC(=O)C1=C(C)N=c2s/c(=C/c3cc(OC)c(OCc4ccccc4F)cc3Br)c(=O)n2[C@H]1c1ccccc1Cl. The van der Waals surface area contributed by atoms with Gasteiger partial charge < -0.3 is 14.2 Å². The molecule has 0 aliphatic carbocycles. The van der Waals surface area contributed by atoms with E-state index in [2.05, 4.69) is 20.9 Å². The Morgan fingerprint density at radius 2 is 1.90 bits per heavy atom. The van der Waals surface area contributed by atoms with Gasteiger partial charge in [0.05, 0.1) is 29.5 Å². The number of methoxy groups -OCH3 is 1. The van der Waals surface area contributed by atoms with Crippen LogP contribution in [0.3, 0.4) is 0 Å². The Morgan fingerprint density at radius 3 is 2.62 bits per heavy atom. The van der Waals surface area contributed by atoms with E-state index in [-0.39, 0.29) is 30.2 Å². The van der Waals surface area contributed by atoms with Gasteiger partial charge in [-0.15, -0.1) is 0 Å². The summed E-state index contributed by atoms with van der Waals surface area (Å²) in [6.07, 6.45) is 1.71. The number of fused-ring (bicyclic) bond motifs is 1. The summed E-state index contributed by atoms with van der Waals surface area (Å²) in [4.78, 5) is 32.0. The standard InChI is InChI=1S/C31H25BrClFN2O5S/c1-4-40-30(38)27-17(2)35-31-36(28(27)20-10-6-7-11-22(20)33)29(37)26(42-31)14-19-13-24(39-3)25(15-21(19)32)41-16-18-9-5-8-12-23(18)34/h5-15,28H,4,16H2,1-3H3/b26-14+/t28-/m0/s1. The fourth-order valence-electron chi connectivity index (χ4n) is 4.63. The molecule has 1 aromatic heterocycles. The Kier molecular flexibility index (Phi) is 8.96. The smallest absolute Gasteiger partial charge is 0.338 e. The number of aromatic nitrogens is 1. The van der Waals surface area contributed by atoms with Crippen molar-refractivity contribution in [1.29, 1.82) is 0 Å². The van der Waals surface area contributed by atoms with E-state index >= 15 is 0 Å². The molecule has 2 heterocycles. The summed E-state index contributed by atoms with van der Waals surface area (Å²) < 4.78 is 33.3. The number of allylic oxidation sites excluding steroid dienone is 1. The van der Waals surface area contributed by atoms with Crippen LogP contribution in [0.5, 0.6) is 11.5 Å². The Labute approximate surface area is 258 Å². The summed E-state index contributed by atoms with van der Waals surface area (Å²) in [6.45, 7) is 3.62. The molecular weight excluding hydrogens is 647 g/mol. The van der Waals surface area contributed by atoms with Crippen molar-refractivity contribution in [2.45, 2.75) is 26.5 Å². The molecule has 7 nitrogen and oxygen atoms in total. The highest BCUT2D eigenvalue weighted by Crippen LogP contribution is 2.36. The van der Waals surface area contributed by atoms with Crippen molar-refractivity contribution in [1.82, 2.24) is 4.57 Å². The summed E-state index contributed by atoms with van der Waals surface area (Å²) >= 11 is 11.3. The maximum absolute atomic E-state index is 14.1. The first kappa shape index (κ1) is 29.8. The minimum atomic E-state index is -0.816. The van der Waals surface area contributed by atoms with Crippen LogP contribution in [-0.2, 0) is 16.1 Å². The second-order valence-corrected chi connectivity index (χ2v) is 11.5. The second-order valence-electron chi connectivity index (χ2n) is 9.23. The lowest BCUT2D eigenvalue weighted by Crippen LogP contribution is -2.40. The highest BCUT2D eigenvalue weighted by Gasteiger charge is 2.34. The fraction of sp³-hybridized carbons (Fsp3) is 0.194. The first-order valence-electron chi connectivity index (χ1n) is 12.9. The molecule has 1 aliphatic heterocycles. The van der Waals surface area contributed by atoms with Crippen LogP contribution < -0.4 is 24.4 Å². The van der Waals surface area contributed by atoms with Crippen LogP contribution in [0.4, 0.5) is 4.39 Å². The molecule has 0 radical (unpaired) electrons. The predicted octanol–water partition coefficient (Wildman–Crippen LogP) is 5.94. The summed E-state index contributed by atoms with van der Waals surface area (Å²) in [6, 6.07) is 16.1. The molecule has 0 unspecified atom stereocenters. The van der Waals surface area contributed by atoms with Gasteiger partial charge in [0.2, 0.25) is 0 Å². The van der Waals surface area contributed by atoms with Gasteiger partial charge >= 0.3 is 5.97 Å². The van der Waals surface area contributed by atoms with Crippen LogP contribution in [0.2, 0.25) is 5.02 Å². The molecular formula is C31H25BrClFN2O5S. The van der Waals surface area contributed by atoms with Gasteiger partial charge in [-0.1, -0.05) is 75.3 Å². The predicted molar refractivity (Wildman–Crippen MR) is 163 cm³/mol. The third-order valence-electron chi connectivity index (χ3n) is 6.63. The molecule has 0 saturated heterocycles. The maximum atomic E-state index is 14.1. The van der Waals surface area contributed by atoms with Crippen molar-refractivity contribution in [3.8, 4) is 11.5 Å². The number of ether oxygens (including phenoxy) is 3. The monoisotopic (exact) mass is 670 g/mol. The maximum Gasteiger partial charge on any atom is 0.338 e.